The SMILES string of the molecule is Cc1cc(Cl)cc(C(=O)c2cc(C)c(C)cc2Cl)c1. The molecule has 0 aliphatic rings. The van der Waals surface area contributed by atoms with Gasteiger partial charge in [-0.3, -0.25) is 4.79 Å². The van der Waals surface area contributed by atoms with Gasteiger partial charge in [0.2, 0.25) is 0 Å². The maximum absolute atomic E-state index is 12.5. The molecular formula is C16H14Cl2O. The minimum absolute atomic E-state index is 0.0984. The summed E-state index contributed by atoms with van der Waals surface area (Å²) < 4.78 is 0. The van der Waals surface area contributed by atoms with Crippen molar-refractivity contribution in [2.24, 2.45) is 0 Å². The summed E-state index contributed by atoms with van der Waals surface area (Å²) in [6, 6.07) is 8.96. The molecule has 0 saturated heterocycles. The number of halogens is 2. The summed E-state index contributed by atoms with van der Waals surface area (Å²) in [6.07, 6.45) is 0. The van der Waals surface area contributed by atoms with Gasteiger partial charge in [0.1, 0.15) is 0 Å². The van der Waals surface area contributed by atoms with Crippen LogP contribution >= 0.6 is 23.2 Å². The number of ketones is 1. The summed E-state index contributed by atoms with van der Waals surface area (Å²) in [5.41, 5.74) is 4.16. The molecule has 0 N–H and O–H groups in total. The quantitative estimate of drug-likeness (QED) is 0.700. The number of hydrogen-bond acceptors (Lipinski definition) is 1. The topological polar surface area (TPSA) is 17.1 Å². The van der Waals surface area contributed by atoms with Crippen molar-refractivity contribution in [2.45, 2.75) is 20.8 Å². The number of carbonyl (C=O) groups excluding carboxylic acids is 1. The van der Waals surface area contributed by atoms with Crippen LogP contribution in [0.3, 0.4) is 0 Å². The third-order valence-electron chi connectivity index (χ3n) is 3.13. The first-order valence-electron chi connectivity index (χ1n) is 5.97. The van der Waals surface area contributed by atoms with Crippen LogP contribution < -0.4 is 0 Å². The summed E-state index contributed by atoms with van der Waals surface area (Å²) in [5.74, 6) is -0.0984. The zero-order valence-corrected chi connectivity index (χ0v) is 12.6. The number of rotatable bonds is 2. The first-order valence-corrected chi connectivity index (χ1v) is 6.72. The van der Waals surface area contributed by atoms with Crippen molar-refractivity contribution in [1.82, 2.24) is 0 Å². The molecule has 0 bridgehead atoms. The molecule has 2 aromatic carbocycles. The van der Waals surface area contributed by atoms with Gasteiger partial charge in [-0.1, -0.05) is 23.2 Å². The fraction of sp³-hybridized carbons (Fsp3) is 0.188. The average molecular weight is 293 g/mol. The number of hydrogen-bond donors (Lipinski definition) is 0. The maximum atomic E-state index is 12.5. The number of carbonyl (C=O) groups is 1. The molecule has 0 fully saturated rings. The van der Waals surface area contributed by atoms with Gasteiger partial charge in [0.05, 0.1) is 5.02 Å². The highest BCUT2D eigenvalue weighted by Gasteiger charge is 2.15. The molecule has 0 unspecified atom stereocenters. The van der Waals surface area contributed by atoms with E-state index in [0.29, 0.717) is 21.2 Å². The molecule has 0 aliphatic heterocycles. The van der Waals surface area contributed by atoms with Gasteiger partial charge in [-0.2, -0.15) is 0 Å². The summed E-state index contributed by atoms with van der Waals surface area (Å²) in [4.78, 5) is 12.5. The monoisotopic (exact) mass is 292 g/mol. The second kappa shape index (κ2) is 5.36. The van der Waals surface area contributed by atoms with E-state index in [-0.39, 0.29) is 5.78 Å². The first kappa shape index (κ1) is 14.1. The van der Waals surface area contributed by atoms with Gasteiger partial charge in [0.15, 0.2) is 5.78 Å². The lowest BCUT2D eigenvalue weighted by atomic mass is 9.98. The van der Waals surface area contributed by atoms with Gasteiger partial charge >= 0.3 is 0 Å². The van der Waals surface area contributed by atoms with Crippen molar-refractivity contribution in [3.63, 3.8) is 0 Å². The van der Waals surface area contributed by atoms with E-state index in [4.69, 9.17) is 23.2 Å². The molecule has 19 heavy (non-hydrogen) atoms. The van der Waals surface area contributed by atoms with Gasteiger partial charge in [-0.25, -0.2) is 0 Å². The molecule has 0 radical (unpaired) electrons. The standard InChI is InChI=1S/C16H14Cl2O/c1-9-4-12(8-13(17)5-9)16(19)14-6-10(2)11(3)7-15(14)18/h4-8H,1-3H3. The molecular weight excluding hydrogens is 279 g/mol. The van der Waals surface area contributed by atoms with Gasteiger partial charge < -0.3 is 0 Å². The Morgan fingerprint density at radius 1 is 0.895 bits per heavy atom. The number of benzene rings is 2. The molecule has 2 rings (SSSR count). The Morgan fingerprint density at radius 3 is 2.16 bits per heavy atom. The van der Waals surface area contributed by atoms with Crippen molar-refractivity contribution >= 4 is 29.0 Å². The molecule has 3 heteroatoms. The lowest BCUT2D eigenvalue weighted by Gasteiger charge is -2.08. The Labute approximate surface area is 123 Å². The van der Waals surface area contributed by atoms with E-state index in [1.54, 1.807) is 6.07 Å². The lowest BCUT2D eigenvalue weighted by Crippen LogP contribution is -2.04. The molecule has 1 nitrogen and oxygen atoms in total. The van der Waals surface area contributed by atoms with Crippen LogP contribution in [-0.4, -0.2) is 5.78 Å². The molecule has 0 aliphatic carbocycles. The van der Waals surface area contributed by atoms with E-state index in [1.165, 1.54) is 0 Å². The largest absolute Gasteiger partial charge is 0.289 e. The van der Waals surface area contributed by atoms with E-state index in [9.17, 15) is 4.79 Å². The second-order valence-corrected chi connectivity index (χ2v) is 5.61. The van der Waals surface area contributed by atoms with E-state index in [2.05, 4.69) is 0 Å². The molecule has 0 amide bonds. The summed E-state index contributed by atoms with van der Waals surface area (Å²) in [6.45, 7) is 5.84. The maximum Gasteiger partial charge on any atom is 0.194 e. The van der Waals surface area contributed by atoms with Crippen LogP contribution in [-0.2, 0) is 0 Å². The minimum Gasteiger partial charge on any atom is -0.289 e. The molecule has 0 spiro atoms. The van der Waals surface area contributed by atoms with Crippen molar-refractivity contribution in [3.05, 3.63) is 68.2 Å². The van der Waals surface area contributed by atoms with E-state index < -0.39 is 0 Å². The van der Waals surface area contributed by atoms with Crippen molar-refractivity contribution in [1.29, 1.82) is 0 Å². The van der Waals surface area contributed by atoms with E-state index in [0.717, 1.165) is 16.7 Å². The Bertz CT molecular complexity index is 640. The first-order chi connectivity index (χ1) is 8.88. The van der Waals surface area contributed by atoms with Crippen LogP contribution in [0.4, 0.5) is 0 Å². The van der Waals surface area contributed by atoms with Crippen LogP contribution in [0.2, 0.25) is 10.0 Å². The van der Waals surface area contributed by atoms with Gasteiger partial charge in [0, 0.05) is 16.1 Å². The minimum atomic E-state index is -0.0984. The molecule has 0 atom stereocenters. The normalized spacial score (nSPS) is 10.6. The fourth-order valence-corrected chi connectivity index (χ4v) is 2.57. The highest BCUT2D eigenvalue weighted by atomic mass is 35.5. The van der Waals surface area contributed by atoms with Crippen molar-refractivity contribution < 1.29 is 4.79 Å². The van der Waals surface area contributed by atoms with Crippen LogP contribution in [0.25, 0.3) is 0 Å². The Kier molecular flexibility index (Phi) is 3.98. The zero-order valence-electron chi connectivity index (χ0n) is 11.1. The van der Waals surface area contributed by atoms with Crippen LogP contribution in [0, 0.1) is 20.8 Å². The summed E-state index contributed by atoms with van der Waals surface area (Å²) in [5, 5.41) is 1.04. The van der Waals surface area contributed by atoms with Crippen LogP contribution in [0.5, 0.6) is 0 Å². The Hall–Kier alpha value is -1.31. The third kappa shape index (κ3) is 2.99. The third-order valence-corrected chi connectivity index (χ3v) is 3.66. The van der Waals surface area contributed by atoms with E-state index >= 15 is 0 Å². The fourth-order valence-electron chi connectivity index (χ4n) is 1.98. The molecule has 98 valence electrons. The Balaban J connectivity index is 2.53. The smallest absolute Gasteiger partial charge is 0.194 e. The molecule has 2 aromatic rings. The molecule has 0 saturated carbocycles. The predicted octanol–water partition coefficient (Wildman–Crippen LogP) is 5.15. The lowest BCUT2D eigenvalue weighted by molar-refractivity contribution is 0.103. The average Bonchev–Trinajstić information content (AvgIpc) is 2.31. The van der Waals surface area contributed by atoms with E-state index in [1.807, 2.05) is 45.0 Å². The highest BCUT2D eigenvalue weighted by molar-refractivity contribution is 6.35. The van der Waals surface area contributed by atoms with Gasteiger partial charge in [-0.05, 0) is 67.8 Å². The van der Waals surface area contributed by atoms with Gasteiger partial charge in [0.25, 0.3) is 0 Å². The molecule has 0 heterocycles. The summed E-state index contributed by atoms with van der Waals surface area (Å²) in [7, 11) is 0. The molecule has 0 aromatic heterocycles. The number of aryl methyl sites for hydroxylation is 3. The summed E-state index contributed by atoms with van der Waals surface area (Å²) >= 11 is 12.2. The second-order valence-electron chi connectivity index (χ2n) is 4.76. The van der Waals surface area contributed by atoms with Crippen molar-refractivity contribution in [2.75, 3.05) is 0 Å². The van der Waals surface area contributed by atoms with Crippen LogP contribution in [0.15, 0.2) is 30.3 Å². The van der Waals surface area contributed by atoms with Gasteiger partial charge in [-0.15, -0.1) is 0 Å². The zero-order chi connectivity index (χ0) is 14.2. The predicted molar refractivity (Wildman–Crippen MR) is 80.5 cm³/mol. The Morgan fingerprint density at radius 2 is 1.53 bits per heavy atom. The van der Waals surface area contributed by atoms with Crippen molar-refractivity contribution in [3.8, 4) is 0 Å². The highest BCUT2D eigenvalue weighted by Crippen LogP contribution is 2.25. The van der Waals surface area contributed by atoms with Crippen LogP contribution in [0.1, 0.15) is 32.6 Å².